The zero-order valence-electron chi connectivity index (χ0n) is 14.1. The van der Waals surface area contributed by atoms with Gasteiger partial charge in [-0.2, -0.15) is 5.10 Å². The van der Waals surface area contributed by atoms with Crippen molar-refractivity contribution in [3.63, 3.8) is 0 Å². The quantitative estimate of drug-likeness (QED) is 0.181. The van der Waals surface area contributed by atoms with Crippen molar-refractivity contribution in [1.29, 1.82) is 0 Å². The second-order valence-corrected chi connectivity index (χ2v) is 6.40. The topological polar surface area (TPSA) is 62.7 Å². The van der Waals surface area contributed by atoms with Crippen LogP contribution in [-0.4, -0.2) is 23.8 Å². The van der Waals surface area contributed by atoms with Crippen LogP contribution in [0.3, 0.4) is 0 Å². The van der Waals surface area contributed by atoms with Crippen LogP contribution in [0.15, 0.2) is 64.2 Å². The highest BCUT2D eigenvalue weighted by Gasteiger charge is 2.07. The number of carbonyl (C=O) groups is 1. The molecule has 0 saturated carbocycles. The summed E-state index contributed by atoms with van der Waals surface area (Å²) in [5.74, 6) is -0.0715. The Labute approximate surface area is 166 Å². The summed E-state index contributed by atoms with van der Waals surface area (Å²) in [4.78, 5) is 12.1. The van der Waals surface area contributed by atoms with E-state index in [-0.39, 0.29) is 0 Å². The number of hydrogen-bond donors (Lipinski definition) is 2. The average Bonchev–Trinajstić information content (AvgIpc) is 2.63. The van der Waals surface area contributed by atoms with Gasteiger partial charge in [-0.3, -0.25) is 5.43 Å². The van der Waals surface area contributed by atoms with Crippen molar-refractivity contribution in [1.82, 2.24) is 10.7 Å². The van der Waals surface area contributed by atoms with Crippen LogP contribution >= 0.6 is 28.1 Å². The van der Waals surface area contributed by atoms with E-state index in [9.17, 15) is 4.79 Å². The SMILES string of the molecule is CCNC(=S)N/N=C/c1cc(Br)ccc1OC(=O)/C=C/c1ccccc1. The van der Waals surface area contributed by atoms with Crippen LogP contribution in [0.25, 0.3) is 6.08 Å². The van der Waals surface area contributed by atoms with Crippen LogP contribution < -0.4 is 15.5 Å². The molecule has 0 aliphatic heterocycles. The van der Waals surface area contributed by atoms with Crippen molar-refractivity contribution in [2.24, 2.45) is 5.10 Å². The predicted octanol–water partition coefficient (Wildman–Crippen LogP) is 3.89. The number of thiocarbonyl (C=S) groups is 1. The minimum atomic E-state index is -0.470. The van der Waals surface area contributed by atoms with Gasteiger partial charge in [0.25, 0.3) is 0 Å². The first-order valence-corrected chi connectivity index (χ1v) is 9.10. The van der Waals surface area contributed by atoms with Crippen molar-refractivity contribution < 1.29 is 9.53 Å². The molecule has 0 atom stereocenters. The number of benzene rings is 2. The van der Waals surface area contributed by atoms with Crippen LogP contribution in [-0.2, 0) is 4.79 Å². The van der Waals surface area contributed by atoms with Crippen LogP contribution in [0.2, 0.25) is 0 Å². The van der Waals surface area contributed by atoms with Crippen molar-refractivity contribution in [2.45, 2.75) is 6.92 Å². The Hall–Kier alpha value is -2.51. The second kappa shape index (κ2) is 10.5. The molecule has 0 heterocycles. The molecule has 2 rings (SSSR count). The first kappa shape index (κ1) is 19.8. The number of esters is 1. The number of carbonyl (C=O) groups excluding carboxylic acids is 1. The maximum atomic E-state index is 12.1. The second-order valence-electron chi connectivity index (χ2n) is 5.08. The third-order valence-electron chi connectivity index (χ3n) is 3.10. The summed E-state index contributed by atoms with van der Waals surface area (Å²) in [6.45, 7) is 2.64. The molecule has 7 heteroatoms. The van der Waals surface area contributed by atoms with Crippen molar-refractivity contribution in [3.8, 4) is 5.75 Å². The van der Waals surface area contributed by atoms with E-state index in [0.29, 0.717) is 23.0 Å². The summed E-state index contributed by atoms with van der Waals surface area (Å²) in [6, 6.07) is 14.8. The molecule has 2 aromatic rings. The molecule has 0 aliphatic rings. The first-order valence-electron chi connectivity index (χ1n) is 7.90. The summed E-state index contributed by atoms with van der Waals surface area (Å²) in [5.41, 5.74) is 4.25. The normalized spacial score (nSPS) is 10.8. The lowest BCUT2D eigenvalue weighted by molar-refractivity contribution is -0.128. The Bertz CT molecular complexity index is 823. The molecule has 0 aromatic heterocycles. The third-order valence-corrected chi connectivity index (χ3v) is 3.83. The summed E-state index contributed by atoms with van der Waals surface area (Å²) in [5, 5.41) is 7.40. The Morgan fingerprint density at radius 1 is 1.27 bits per heavy atom. The van der Waals surface area contributed by atoms with Gasteiger partial charge in [0.1, 0.15) is 5.75 Å². The van der Waals surface area contributed by atoms with Gasteiger partial charge in [0.05, 0.1) is 6.21 Å². The number of ether oxygens (including phenoxy) is 1. The maximum Gasteiger partial charge on any atom is 0.336 e. The molecule has 134 valence electrons. The highest BCUT2D eigenvalue weighted by Crippen LogP contribution is 2.22. The monoisotopic (exact) mass is 431 g/mol. The van der Waals surface area contributed by atoms with Gasteiger partial charge in [0, 0.05) is 22.7 Å². The van der Waals surface area contributed by atoms with Gasteiger partial charge in [0.15, 0.2) is 5.11 Å². The van der Waals surface area contributed by atoms with Gasteiger partial charge in [0.2, 0.25) is 0 Å². The summed E-state index contributed by atoms with van der Waals surface area (Å²) >= 11 is 8.43. The Kier molecular flexibility index (Phi) is 7.98. The van der Waals surface area contributed by atoms with Gasteiger partial charge in [-0.05, 0) is 49.0 Å². The third kappa shape index (κ3) is 6.78. The lowest BCUT2D eigenvalue weighted by atomic mass is 10.2. The van der Waals surface area contributed by atoms with Crippen LogP contribution in [0.4, 0.5) is 0 Å². The van der Waals surface area contributed by atoms with E-state index >= 15 is 0 Å². The Morgan fingerprint density at radius 2 is 2.04 bits per heavy atom. The Morgan fingerprint density at radius 3 is 2.77 bits per heavy atom. The van der Waals surface area contributed by atoms with E-state index in [1.165, 1.54) is 12.3 Å². The summed E-state index contributed by atoms with van der Waals surface area (Å²) in [7, 11) is 0. The molecule has 26 heavy (non-hydrogen) atoms. The maximum absolute atomic E-state index is 12.1. The van der Waals surface area contributed by atoms with Gasteiger partial charge in [-0.25, -0.2) is 4.79 Å². The van der Waals surface area contributed by atoms with Crippen LogP contribution in [0, 0.1) is 0 Å². The van der Waals surface area contributed by atoms with Gasteiger partial charge in [-0.15, -0.1) is 0 Å². The molecule has 2 aromatic carbocycles. The fourth-order valence-corrected chi connectivity index (χ4v) is 2.52. The molecular formula is C19H18BrN3O2S. The number of hydrazone groups is 1. The molecule has 0 radical (unpaired) electrons. The molecule has 0 saturated heterocycles. The largest absolute Gasteiger partial charge is 0.423 e. The van der Waals surface area contributed by atoms with Crippen molar-refractivity contribution >= 4 is 51.5 Å². The molecule has 0 spiro atoms. The first-order chi connectivity index (χ1) is 12.6. The highest BCUT2D eigenvalue weighted by molar-refractivity contribution is 9.10. The molecular weight excluding hydrogens is 414 g/mol. The lowest BCUT2D eigenvalue weighted by Crippen LogP contribution is -2.31. The summed E-state index contributed by atoms with van der Waals surface area (Å²) in [6.07, 6.45) is 4.63. The lowest BCUT2D eigenvalue weighted by Gasteiger charge is -2.07. The van der Waals surface area contributed by atoms with Gasteiger partial charge >= 0.3 is 5.97 Å². The van der Waals surface area contributed by atoms with E-state index in [2.05, 4.69) is 31.8 Å². The van der Waals surface area contributed by atoms with Gasteiger partial charge in [-0.1, -0.05) is 46.3 Å². The Balaban J connectivity index is 2.06. The molecule has 2 N–H and O–H groups in total. The fourth-order valence-electron chi connectivity index (χ4n) is 1.94. The number of rotatable bonds is 6. The molecule has 0 aliphatic carbocycles. The zero-order chi connectivity index (χ0) is 18.8. The van der Waals surface area contributed by atoms with E-state index in [1.54, 1.807) is 24.3 Å². The fraction of sp³-hybridized carbons (Fsp3) is 0.105. The minimum Gasteiger partial charge on any atom is -0.423 e. The van der Waals surface area contributed by atoms with Gasteiger partial charge < -0.3 is 10.1 Å². The van der Waals surface area contributed by atoms with E-state index in [0.717, 1.165) is 10.0 Å². The minimum absolute atomic E-state index is 0.399. The molecule has 0 amide bonds. The van der Waals surface area contributed by atoms with Crippen LogP contribution in [0.1, 0.15) is 18.1 Å². The number of nitrogens with one attached hydrogen (secondary N) is 2. The average molecular weight is 432 g/mol. The number of nitrogens with zero attached hydrogens (tertiary/aromatic N) is 1. The standard InChI is InChI=1S/C19H18BrN3O2S/c1-2-21-19(26)23-22-13-15-12-16(20)9-10-17(15)25-18(24)11-8-14-6-4-3-5-7-14/h3-13H,2H2,1H3,(H2,21,23,26)/b11-8+,22-13+. The highest BCUT2D eigenvalue weighted by atomic mass is 79.9. The molecule has 5 nitrogen and oxygen atoms in total. The van der Waals surface area contributed by atoms with E-state index in [1.807, 2.05) is 37.3 Å². The number of hydrogen-bond acceptors (Lipinski definition) is 4. The van der Waals surface area contributed by atoms with Crippen LogP contribution in [0.5, 0.6) is 5.75 Å². The summed E-state index contributed by atoms with van der Waals surface area (Å²) < 4.78 is 6.25. The van der Waals surface area contributed by atoms with E-state index < -0.39 is 5.97 Å². The number of halogens is 1. The predicted molar refractivity (Wildman–Crippen MR) is 112 cm³/mol. The smallest absolute Gasteiger partial charge is 0.336 e. The van der Waals surface area contributed by atoms with E-state index in [4.69, 9.17) is 17.0 Å². The zero-order valence-corrected chi connectivity index (χ0v) is 16.5. The molecule has 0 bridgehead atoms. The van der Waals surface area contributed by atoms with Crippen molar-refractivity contribution in [2.75, 3.05) is 6.54 Å². The molecule has 0 fully saturated rings. The molecule has 0 unspecified atom stereocenters. The van der Waals surface area contributed by atoms with Crippen molar-refractivity contribution in [3.05, 3.63) is 70.2 Å².